The smallest absolute Gasteiger partial charge is 0.270 e. The van der Waals surface area contributed by atoms with Crippen LogP contribution < -0.4 is 5.43 Å². The van der Waals surface area contributed by atoms with E-state index < -0.39 is 5.91 Å². The van der Waals surface area contributed by atoms with Crippen molar-refractivity contribution in [2.24, 2.45) is 4.99 Å². The number of phenols is 1. The van der Waals surface area contributed by atoms with Crippen LogP contribution >= 0.6 is 23.6 Å². The lowest BCUT2D eigenvalue weighted by Crippen LogP contribution is -2.22. The molecule has 0 atom stereocenters. The summed E-state index contributed by atoms with van der Waals surface area (Å²) >= 11 is 6.44. The van der Waals surface area contributed by atoms with Crippen molar-refractivity contribution in [2.45, 2.75) is 0 Å². The van der Waals surface area contributed by atoms with E-state index in [4.69, 9.17) is 12.2 Å². The van der Waals surface area contributed by atoms with Crippen molar-refractivity contribution in [3.8, 4) is 11.6 Å². The largest absolute Gasteiger partial charge is 0.508 e. The summed E-state index contributed by atoms with van der Waals surface area (Å²) in [6, 6.07) is 13.6. The molecule has 1 aliphatic heterocycles. The lowest BCUT2D eigenvalue weighted by molar-refractivity contribution is 0.100. The van der Waals surface area contributed by atoms with Gasteiger partial charge in [-0.15, -0.1) is 0 Å². The van der Waals surface area contributed by atoms with Gasteiger partial charge in [-0.05, 0) is 42.6 Å². The van der Waals surface area contributed by atoms with E-state index in [0.717, 1.165) is 21.5 Å². The number of para-hydroxylation sites is 1. The molecule has 27 heavy (non-hydrogen) atoms. The van der Waals surface area contributed by atoms with Crippen LogP contribution in [0.4, 0.5) is 5.69 Å². The van der Waals surface area contributed by atoms with Crippen LogP contribution in [-0.2, 0) is 0 Å². The Morgan fingerprint density at radius 2 is 2.00 bits per heavy atom. The molecular formula is C19H13N3O3S2. The standard InChI is InChI=1S/C19H13N3O3S2/c23-13-5-3-4-11(8-13)17(24)21-22-18(25)16(27-19(22)26)9-12-10-20-15-7-2-1-6-14(12)15/h1-10,23,25H,(H,21,24)/b12-9-. The molecule has 1 aromatic heterocycles. The number of hydrogen-bond acceptors (Lipinski definition) is 6. The number of nitrogens with zero attached hydrogens (tertiary/aromatic N) is 2. The highest BCUT2D eigenvalue weighted by molar-refractivity contribution is 7.73. The Hall–Kier alpha value is -3.23. The van der Waals surface area contributed by atoms with Crippen LogP contribution in [0.3, 0.4) is 0 Å². The Morgan fingerprint density at radius 1 is 1.19 bits per heavy atom. The van der Waals surface area contributed by atoms with Gasteiger partial charge in [-0.25, -0.2) is 0 Å². The Labute approximate surface area is 163 Å². The monoisotopic (exact) mass is 395 g/mol. The molecule has 0 saturated heterocycles. The third-order valence-electron chi connectivity index (χ3n) is 3.98. The van der Waals surface area contributed by atoms with Crippen molar-refractivity contribution in [2.75, 3.05) is 5.43 Å². The molecule has 8 heteroatoms. The second-order valence-electron chi connectivity index (χ2n) is 5.76. The van der Waals surface area contributed by atoms with Crippen molar-refractivity contribution in [3.63, 3.8) is 0 Å². The number of aliphatic imine (C=N–C) groups is 1. The number of carbonyl (C=O) groups is 1. The van der Waals surface area contributed by atoms with Crippen LogP contribution in [0.5, 0.6) is 11.6 Å². The number of benzene rings is 2. The number of hydrogen-bond donors (Lipinski definition) is 3. The number of thiazole rings is 1. The summed E-state index contributed by atoms with van der Waals surface area (Å²) in [4.78, 5) is 17.2. The zero-order valence-electron chi connectivity index (χ0n) is 13.8. The second-order valence-corrected chi connectivity index (χ2v) is 7.43. The summed E-state index contributed by atoms with van der Waals surface area (Å²) in [7, 11) is 0. The minimum Gasteiger partial charge on any atom is -0.508 e. The Morgan fingerprint density at radius 3 is 2.81 bits per heavy atom. The number of phenolic OH excluding ortho intramolecular Hbond substituents is 1. The number of allylic oxidation sites excluding steroid dienone is 1. The van der Waals surface area contributed by atoms with E-state index in [-0.39, 0.29) is 21.1 Å². The van der Waals surface area contributed by atoms with Gasteiger partial charge in [0.1, 0.15) is 5.75 Å². The molecule has 2 aromatic carbocycles. The molecule has 0 fully saturated rings. The quantitative estimate of drug-likeness (QED) is 0.576. The molecule has 0 unspecified atom stereocenters. The fraction of sp³-hybridized carbons (Fsp3) is 0. The maximum atomic E-state index is 12.4. The molecule has 6 nitrogen and oxygen atoms in total. The zero-order valence-corrected chi connectivity index (χ0v) is 15.4. The number of amides is 1. The number of rotatable bonds is 3. The lowest BCUT2D eigenvalue weighted by atomic mass is 10.1. The Balaban J connectivity index is 1.65. The highest BCUT2D eigenvalue weighted by Crippen LogP contribution is 2.35. The average Bonchev–Trinajstić information content (AvgIpc) is 3.18. The van der Waals surface area contributed by atoms with E-state index in [1.54, 1.807) is 24.4 Å². The van der Waals surface area contributed by atoms with Gasteiger partial charge in [0.2, 0.25) is 5.88 Å². The highest BCUT2D eigenvalue weighted by Gasteiger charge is 2.17. The van der Waals surface area contributed by atoms with Crippen LogP contribution in [0.15, 0.2) is 53.5 Å². The lowest BCUT2D eigenvalue weighted by Gasteiger charge is -2.07. The Bertz CT molecular complexity index is 1170. The predicted octanol–water partition coefficient (Wildman–Crippen LogP) is 4.33. The van der Waals surface area contributed by atoms with E-state index in [1.807, 2.05) is 24.3 Å². The third-order valence-corrected chi connectivity index (χ3v) is 5.29. The minimum atomic E-state index is -0.498. The fourth-order valence-electron chi connectivity index (χ4n) is 2.68. The van der Waals surface area contributed by atoms with Gasteiger partial charge in [-0.3, -0.25) is 15.2 Å². The number of nitrogens with one attached hydrogen (secondary N) is 1. The topological polar surface area (TPSA) is 86.9 Å². The summed E-state index contributed by atoms with van der Waals surface area (Å²) in [5, 5.41) is 20.0. The van der Waals surface area contributed by atoms with Crippen LogP contribution in [-0.4, -0.2) is 27.0 Å². The van der Waals surface area contributed by atoms with Crippen LogP contribution in [0.1, 0.15) is 20.8 Å². The van der Waals surface area contributed by atoms with E-state index in [2.05, 4.69) is 10.4 Å². The Kier molecular flexibility index (Phi) is 4.35. The molecule has 3 aromatic rings. The van der Waals surface area contributed by atoms with Gasteiger partial charge < -0.3 is 10.2 Å². The number of carbonyl (C=O) groups excluding carboxylic acids is 1. The molecule has 0 aliphatic carbocycles. The molecule has 0 bridgehead atoms. The van der Waals surface area contributed by atoms with Crippen LogP contribution in [0.2, 0.25) is 0 Å². The van der Waals surface area contributed by atoms with E-state index >= 15 is 0 Å². The summed E-state index contributed by atoms with van der Waals surface area (Å²) in [6.45, 7) is 0. The van der Waals surface area contributed by atoms with Crippen LogP contribution in [0, 0.1) is 3.95 Å². The predicted molar refractivity (Wildman–Crippen MR) is 109 cm³/mol. The van der Waals surface area contributed by atoms with Gasteiger partial charge >= 0.3 is 0 Å². The van der Waals surface area contributed by atoms with Crippen molar-refractivity contribution in [1.29, 1.82) is 0 Å². The summed E-state index contributed by atoms with van der Waals surface area (Å²) in [5.74, 6) is -0.684. The molecule has 4 rings (SSSR count). The van der Waals surface area contributed by atoms with Crippen molar-refractivity contribution >= 4 is 53.0 Å². The third kappa shape index (κ3) is 3.27. The number of fused-ring (bicyclic) bond motifs is 1. The summed E-state index contributed by atoms with van der Waals surface area (Å²) < 4.78 is 1.44. The van der Waals surface area contributed by atoms with E-state index in [1.165, 1.54) is 23.5 Å². The SMILES string of the molecule is O=C(Nn1c(O)c(/C=C2/C=Nc3ccccc32)sc1=S)c1cccc(O)c1. The molecule has 0 saturated carbocycles. The van der Waals surface area contributed by atoms with Crippen LogP contribution in [0.25, 0.3) is 11.6 Å². The van der Waals surface area contributed by atoms with Gasteiger partial charge in [0, 0.05) is 22.9 Å². The summed E-state index contributed by atoms with van der Waals surface area (Å²) in [5.41, 5.74) is 5.48. The number of aromatic nitrogens is 1. The molecule has 2 heterocycles. The molecule has 0 spiro atoms. The van der Waals surface area contributed by atoms with Gasteiger partial charge in [0.15, 0.2) is 3.95 Å². The van der Waals surface area contributed by atoms with Gasteiger partial charge in [0.25, 0.3) is 5.91 Å². The zero-order chi connectivity index (χ0) is 19.0. The first kappa shape index (κ1) is 17.2. The fourth-order valence-corrected chi connectivity index (χ4v) is 3.86. The first-order valence-electron chi connectivity index (χ1n) is 7.93. The van der Waals surface area contributed by atoms with Gasteiger partial charge in [-0.1, -0.05) is 35.6 Å². The van der Waals surface area contributed by atoms with Crippen molar-refractivity contribution in [3.05, 3.63) is 68.5 Å². The minimum absolute atomic E-state index is 0.0228. The van der Waals surface area contributed by atoms with Gasteiger partial charge in [0.05, 0.1) is 10.6 Å². The second kappa shape index (κ2) is 6.82. The molecule has 134 valence electrons. The maximum absolute atomic E-state index is 12.4. The average molecular weight is 395 g/mol. The normalized spacial score (nSPS) is 13.7. The molecule has 1 amide bonds. The van der Waals surface area contributed by atoms with E-state index in [0.29, 0.717) is 4.88 Å². The maximum Gasteiger partial charge on any atom is 0.270 e. The molecule has 1 aliphatic rings. The van der Waals surface area contributed by atoms with Crippen molar-refractivity contribution in [1.82, 2.24) is 4.68 Å². The molecular weight excluding hydrogens is 382 g/mol. The molecule has 3 N–H and O–H groups in total. The highest BCUT2D eigenvalue weighted by atomic mass is 32.1. The first-order chi connectivity index (χ1) is 13.0. The first-order valence-corrected chi connectivity index (χ1v) is 9.16. The van der Waals surface area contributed by atoms with Crippen molar-refractivity contribution < 1.29 is 15.0 Å². The van der Waals surface area contributed by atoms with Gasteiger partial charge in [-0.2, -0.15) is 4.68 Å². The molecule has 0 radical (unpaired) electrons. The summed E-state index contributed by atoms with van der Waals surface area (Å²) in [6.07, 6.45) is 3.50. The number of aromatic hydroxyl groups is 2. The van der Waals surface area contributed by atoms with E-state index in [9.17, 15) is 15.0 Å².